The molecule has 1 aromatic heterocycles. The van der Waals surface area contributed by atoms with Crippen molar-refractivity contribution in [2.45, 2.75) is 0 Å². The van der Waals surface area contributed by atoms with E-state index in [0.717, 1.165) is 5.56 Å². The molecule has 0 unspecified atom stereocenters. The van der Waals surface area contributed by atoms with Crippen LogP contribution in [0.25, 0.3) is 22.4 Å². The molecule has 3 rings (SSSR count). The fourth-order valence-electron chi connectivity index (χ4n) is 1.79. The second kappa shape index (κ2) is 4.26. The summed E-state index contributed by atoms with van der Waals surface area (Å²) in [6.07, 6.45) is 0. The Morgan fingerprint density at radius 2 is 1.89 bits per heavy atom. The summed E-state index contributed by atoms with van der Waals surface area (Å²) in [5, 5.41) is 1.06. The highest BCUT2D eigenvalue weighted by Gasteiger charge is 2.09. The van der Waals surface area contributed by atoms with E-state index in [1.54, 1.807) is 24.3 Å². The molecule has 0 atom stereocenters. The summed E-state index contributed by atoms with van der Waals surface area (Å²) in [5.74, 6) is 0.289. The quantitative estimate of drug-likeness (QED) is 0.689. The molecule has 0 amide bonds. The van der Waals surface area contributed by atoms with E-state index in [9.17, 15) is 4.39 Å². The number of fused-ring (bicyclic) bond motifs is 1. The molecular weight excluding hydrogens is 274 g/mol. The van der Waals surface area contributed by atoms with Crippen molar-refractivity contribution in [3.63, 3.8) is 0 Å². The fraction of sp³-hybridized carbons (Fsp3) is 0. The summed E-state index contributed by atoms with van der Waals surface area (Å²) in [4.78, 5) is 7.40. The van der Waals surface area contributed by atoms with Crippen LogP contribution in [0.1, 0.15) is 0 Å². The summed E-state index contributed by atoms with van der Waals surface area (Å²) < 4.78 is 13.1. The molecule has 0 bridgehead atoms. The highest BCUT2D eigenvalue weighted by atomic mass is 35.5. The fourth-order valence-corrected chi connectivity index (χ4v) is 2.29. The number of rotatable bonds is 1. The van der Waals surface area contributed by atoms with Crippen molar-refractivity contribution >= 4 is 34.2 Å². The van der Waals surface area contributed by atoms with Crippen molar-refractivity contribution in [1.29, 1.82) is 0 Å². The first-order valence-corrected chi connectivity index (χ1v) is 6.00. The Kier molecular flexibility index (Phi) is 2.73. The van der Waals surface area contributed by atoms with Gasteiger partial charge in [-0.2, -0.15) is 0 Å². The van der Waals surface area contributed by atoms with Gasteiger partial charge >= 0.3 is 0 Å². The largest absolute Gasteiger partial charge is 0.338 e. The maximum atomic E-state index is 13.1. The van der Waals surface area contributed by atoms with E-state index >= 15 is 0 Å². The Morgan fingerprint density at radius 1 is 1.06 bits per heavy atom. The van der Waals surface area contributed by atoms with Crippen LogP contribution in [-0.4, -0.2) is 9.97 Å². The van der Waals surface area contributed by atoms with E-state index in [1.165, 1.54) is 12.1 Å². The highest BCUT2D eigenvalue weighted by molar-refractivity contribution is 6.36. The molecule has 0 aliphatic carbocycles. The summed E-state index contributed by atoms with van der Waals surface area (Å²) >= 11 is 11.9. The maximum absolute atomic E-state index is 13.1. The van der Waals surface area contributed by atoms with Gasteiger partial charge in [0.25, 0.3) is 0 Å². The molecule has 2 nitrogen and oxygen atoms in total. The zero-order valence-corrected chi connectivity index (χ0v) is 10.6. The van der Waals surface area contributed by atoms with Crippen molar-refractivity contribution in [1.82, 2.24) is 9.97 Å². The summed E-state index contributed by atoms with van der Waals surface area (Å²) in [6.45, 7) is 0. The van der Waals surface area contributed by atoms with Crippen LogP contribution >= 0.6 is 23.2 Å². The van der Waals surface area contributed by atoms with Crippen LogP contribution in [0, 0.1) is 5.82 Å². The maximum Gasteiger partial charge on any atom is 0.140 e. The van der Waals surface area contributed by atoms with Crippen LogP contribution in [0.2, 0.25) is 10.0 Å². The topological polar surface area (TPSA) is 28.7 Å². The van der Waals surface area contributed by atoms with Gasteiger partial charge in [-0.25, -0.2) is 9.37 Å². The Hall–Kier alpha value is -1.58. The molecular formula is C13H7Cl2FN2. The molecule has 0 saturated heterocycles. The minimum absolute atomic E-state index is 0.306. The molecule has 90 valence electrons. The molecule has 5 heteroatoms. The van der Waals surface area contributed by atoms with Gasteiger partial charge in [0.15, 0.2) is 0 Å². The van der Waals surface area contributed by atoms with E-state index in [-0.39, 0.29) is 5.82 Å². The van der Waals surface area contributed by atoms with Gasteiger partial charge in [-0.05, 0) is 36.4 Å². The van der Waals surface area contributed by atoms with Gasteiger partial charge in [0.1, 0.15) is 11.6 Å². The first-order valence-electron chi connectivity index (χ1n) is 5.24. The Labute approximate surface area is 112 Å². The molecule has 1 N–H and O–H groups in total. The molecule has 0 saturated carbocycles. The van der Waals surface area contributed by atoms with Crippen molar-refractivity contribution in [3.05, 3.63) is 52.3 Å². The molecule has 3 aromatic rings. The number of hydrogen-bond acceptors (Lipinski definition) is 1. The number of nitrogens with zero attached hydrogens (tertiary/aromatic N) is 1. The number of benzene rings is 2. The lowest BCUT2D eigenvalue weighted by Crippen LogP contribution is -1.81. The molecule has 0 fully saturated rings. The lowest BCUT2D eigenvalue weighted by atomic mass is 10.2. The average molecular weight is 281 g/mol. The minimum atomic E-state index is -0.306. The third kappa shape index (κ3) is 1.96. The van der Waals surface area contributed by atoms with Crippen LogP contribution in [0.15, 0.2) is 36.4 Å². The second-order valence-corrected chi connectivity index (χ2v) is 4.71. The van der Waals surface area contributed by atoms with Gasteiger partial charge in [-0.15, -0.1) is 0 Å². The smallest absolute Gasteiger partial charge is 0.140 e. The standard InChI is InChI=1S/C13H7Cl2FN2/c14-7-1-3-9(10(15)5-7)13-17-11-4-2-8(16)6-12(11)18-13/h1-6H,(H,17,18). The SMILES string of the molecule is Fc1ccc2nc(-c3ccc(Cl)cc3Cl)[nH]c2c1. The second-order valence-electron chi connectivity index (χ2n) is 3.87. The summed E-state index contributed by atoms with van der Waals surface area (Å²) in [7, 11) is 0. The van der Waals surface area contributed by atoms with Gasteiger partial charge in [-0.1, -0.05) is 23.2 Å². The number of halogens is 3. The van der Waals surface area contributed by atoms with Crippen molar-refractivity contribution in [2.75, 3.05) is 0 Å². The van der Waals surface area contributed by atoms with E-state index in [0.29, 0.717) is 26.9 Å². The van der Waals surface area contributed by atoms with Crippen LogP contribution in [0.4, 0.5) is 4.39 Å². The third-order valence-corrected chi connectivity index (χ3v) is 3.18. The molecule has 18 heavy (non-hydrogen) atoms. The summed E-state index contributed by atoms with van der Waals surface area (Å²) in [6, 6.07) is 9.54. The first-order chi connectivity index (χ1) is 8.63. The van der Waals surface area contributed by atoms with Gasteiger partial charge in [0, 0.05) is 10.6 Å². The van der Waals surface area contributed by atoms with Crippen molar-refractivity contribution in [2.24, 2.45) is 0 Å². The van der Waals surface area contributed by atoms with Gasteiger partial charge < -0.3 is 4.98 Å². The number of aromatic nitrogens is 2. The monoisotopic (exact) mass is 280 g/mol. The molecule has 0 radical (unpaired) electrons. The molecule has 0 aliphatic heterocycles. The van der Waals surface area contributed by atoms with E-state index in [2.05, 4.69) is 9.97 Å². The number of hydrogen-bond donors (Lipinski definition) is 1. The van der Waals surface area contributed by atoms with Crippen LogP contribution in [0.3, 0.4) is 0 Å². The Bertz CT molecular complexity index is 737. The van der Waals surface area contributed by atoms with E-state index in [1.807, 2.05) is 0 Å². The van der Waals surface area contributed by atoms with E-state index < -0.39 is 0 Å². The summed E-state index contributed by atoms with van der Waals surface area (Å²) in [5.41, 5.74) is 2.06. The molecule has 1 heterocycles. The lowest BCUT2D eigenvalue weighted by Gasteiger charge is -2.00. The number of imidazole rings is 1. The number of H-pyrrole nitrogens is 1. The predicted molar refractivity (Wildman–Crippen MR) is 71.5 cm³/mol. The highest BCUT2D eigenvalue weighted by Crippen LogP contribution is 2.29. The van der Waals surface area contributed by atoms with Gasteiger partial charge in [0.2, 0.25) is 0 Å². The van der Waals surface area contributed by atoms with Gasteiger partial charge in [0.05, 0.1) is 16.1 Å². The Balaban J connectivity index is 2.19. The molecule has 0 aliphatic rings. The van der Waals surface area contributed by atoms with E-state index in [4.69, 9.17) is 23.2 Å². The minimum Gasteiger partial charge on any atom is -0.338 e. The zero-order chi connectivity index (χ0) is 12.7. The normalized spacial score (nSPS) is 11.1. The lowest BCUT2D eigenvalue weighted by molar-refractivity contribution is 0.629. The van der Waals surface area contributed by atoms with Crippen molar-refractivity contribution < 1.29 is 4.39 Å². The van der Waals surface area contributed by atoms with Crippen LogP contribution in [-0.2, 0) is 0 Å². The predicted octanol–water partition coefficient (Wildman–Crippen LogP) is 4.68. The molecule has 2 aromatic carbocycles. The molecule has 0 spiro atoms. The van der Waals surface area contributed by atoms with Gasteiger partial charge in [-0.3, -0.25) is 0 Å². The third-order valence-electron chi connectivity index (χ3n) is 2.63. The zero-order valence-electron chi connectivity index (χ0n) is 9.05. The van der Waals surface area contributed by atoms with Crippen molar-refractivity contribution in [3.8, 4) is 11.4 Å². The first kappa shape index (κ1) is 11.5. The number of aromatic amines is 1. The number of nitrogens with one attached hydrogen (secondary N) is 1. The van der Waals surface area contributed by atoms with Crippen LogP contribution < -0.4 is 0 Å². The average Bonchev–Trinajstić information content (AvgIpc) is 2.71. The van der Waals surface area contributed by atoms with Crippen LogP contribution in [0.5, 0.6) is 0 Å². The Morgan fingerprint density at radius 3 is 2.67 bits per heavy atom.